The lowest BCUT2D eigenvalue weighted by molar-refractivity contribution is -0.126. The summed E-state index contributed by atoms with van der Waals surface area (Å²) in [5.41, 5.74) is 9.26. The zero-order valence-electron chi connectivity index (χ0n) is 13.5. The highest BCUT2D eigenvalue weighted by atomic mass is 16.5. The quantitative estimate of drug-likeness (QED) is 0.864. The molecule has 1 aliphatic rings. The lowest BCUT2D eigenvalue weighted by atomic mass is 9.88. The van der Waals surface area contributed by atoms with Crippen molar-refractivity contribution in [2.24, 2.45) is 5.73 Å². The van der Waals surface area contributed by atoms with Gasteiger partial charge >= 0.3 is 0 Å². The van der Waals surface area contributed by atoms with Crippen LogP contribution in [0, 0.1) is 0 Å². The predicted octanol–water partition coefficient (Wildman–Crippen LogP) is 3.06. The SMILES string of the molecule is CCOc1ccc(N2C(=O)[C@@H](N)[C@H]2c2ccc(CC)cc2)cc1. The number of nitrogens with two attached hydrogens (primary N) is 1. The molecule has 1 fully saturated rings. The first-order valence-electron chi connectivity index (χ1n) is 8.06. The van der Waals surface area contributed by atoms with Crippen LogP contribution in [-0.2, 0) is 11.2 Å². The summed E-state index contributed by atoms with van der Waals surface area (Å²) in [5, 5.41) is 0. The molecule has 1 saturated heterocycles. The highest BCUT2D eigenvalue weighted by molar-refractivity contribution is 6.05. The van der Waals surface area contributed by atoms with E-state index >= 15 is 0 Å². The van der Waals surface area contributed by atoms with Gasteiger partial charge in [-0.15, -0.1) is 0 Å². The average Bonchev–Trinajstić information content (AvgIpc) is 2.60. The maximum Gasteiger partial charge on any atom is 0.247 e. The number of benzene rings is 2. The molecule has 2 aromatic carbocycles. The maximum atomic E-state index is 12.2. The van der Waals surface area contributed by atoms with Gasteiger partial charge in [0.1, 0.15) is 11.8 Å². The summed E-state index contributed by atoms with van der Waals surface area (Å²) in [5.74, 6) is 0.760. The normalized spacial score (nSPS) is 20.3. The first-order valence-corrected chi connectivity index (χ1v) is 8.06. The second-order valence-corrected chi connectivity index (χ2v) is 5.70. The highest BCUT2D eigenvalue weighted by Gasteiger charge is 2.46. The second kappa shape index (κ2) is 6.42. The summed E-state index contributed by atoms with van der Waals surface area (Å²) in [6, 6.07) is 15.3. The van der Waals surface area contributed by atoms with Gasteiger partial charge in [0, 0.05) is 5.69 Å². The van der Waals surface area contributed by atoms with Gasteiger partial charge in [0.05, 0.1) is 12.6 Å². The van der Waals surface area contributed by atoms with Gasteiger partial charge in [0.15, 0.2) is 0 Å². The van der Waals surface area contributed by atoms with Gasteiger partial charge in [-0.2, -0.15) is 0 Å². The van der Waals surface area contributed by atoms with E-state index in [1.807, 2.05) is 31.2 Å². The molecule has 1 aliphatic heterocycles. The van der Waals surface area contributed by atoms with Crippen LogP contribution in [0.3, 0.4) is 0 Å². The second-order valence-electron chi connectivity index (χ2n) is 5.70. The largest absolute Gasteiger partial charge is 0.494 e. The van der Waals surface area contributed by atoms with E-state index in [1.165, 1.54) is 5.56 Å². The maximum absolute atomic E-state index is 12.2. The zero-order valence-corrected chi connectivity index (χ0v) is 13.5. The molecule has 4 heteroatoms. The number of ether oxygens (including phenoxy) is 1. The zero-order chi connectivity index (χ0) is 16.4. The van der Waals surface area contributed by atoms with E-state index in [4.69, 9.17) is 10.5 Å². The van der Waals surface area contributed by atoms with Crippen LogP contribution in [0.25, 0.3) is 0 Å². The molecular weight excluding hydrogens is 288 g/mol. The molecule has 1 heterocycles. The van der Waals surface area contributed by atoms with Gasteiger partial charge in [-0.1, -0.05) is 31.2 Å². The van der Waals surface area contributed by atoms with Crippen LogP contribution < -0.4 is 15.4 Å². The molecule has 4 nitrogen and oxygen atoms in total. The Morgan fingerprint density at radius 2 is 1.70 bits per heavy atom. The Kier molecular flexibility index (Phi) is 4.35. The van der Waals surface area contributed by atoms with E-state index in [-0.39, 0.29) is 11.9 Å². The van der Waals surface area contributed by atoms with E-state index in [2.05, 4.69) is 31.2 Å². The molecule has 0 aromatic heterocycles. The van der Waals surface area contributed by atoms with Crippen LogP contribution in [0.5, 0.6) is 5.75 Å². The number of amides is 1. The standard InChI is InChI=1S/C19H22N2O2/c1-3-13-5-7-14(8-6-13)18-17(20)19(22)21(18)15-9-11-16(12-10-15)23-4-2/h5-12,17-18H,3-4,20H2,1-2H3/t17-,18+/m0/s1. The van der Waals surface area contributed by atoms with E-state index in [0.717, 1.165) is 23.4 Å². The minimum atomic E-state index is -0.478. The Labute approximate surface area is 136 Å². The predicted molar refractivity (Wildman–Crippen MR) is 91.6 cm³/mol. The van der Waals surface area contributed by atoms with Crippen molar-refractivity contribution in [2.45, 2.75) is 32.4 Å². The van der Waals surface area contributed by atoms with Gasteiger partial charge in [-0.05, 0) is 48.7 Å². The van der Waals surface area contributed by atoms with Crippen molar-refractivity contribution in [1.29, 1.82) is 0 Å². The lowest BCUT2D eigenvalue weighted by Gasteiger charge is -2.45. The van der Waals surface area contributed by atoms with Crippen LogP contribution in [0.1, 0.15) is 31.0 Å². The van der Waals surface area contributed by atoms with Crippen molar-refractivity contribution in [3.63, 3.8) is 0 Å². The fourth-order valence-corrected chi connectivity index (χ4v) is 2.98. The van der Waals surface area contributed by atoms with Crippen molar-refractivity contribution < 1.29 is 9.53 Å². The molecule has 2 atom stereocenters. The average molecular weight is 310 g/mol. The Hall–Kier alpha value is -2.33. The van der Waals surface area contributed by atoms with E-state index in [0.29, 0.717) is 6.61 Å². The van der Waals surface area contributed by atoms with E-state index < -0.39 is 6.04 Å². The summed E-state index contributed by atoms with van der Waals surface area (Å²) in [6.07, 6.45) is 0.999. The summed E-state index contributed by atoms with van der Waals surface area (Å²) in [7, 11) is 0. The molecular formula is C19H22N2O2. The number of nitrogens with zero attached hydrogens (tertiary/aromatic N) is 1. The lowest BCUT2D eigenvalue weighted by Crippen LogP contribution is -2.63. The molecule has 0 bridgehead atoms. The summed E-state index contributed by atoms with van der Waals surface area (Å²) >= 11 is 0. The molecule has 0 saturated carbocycles. The summed E-state index contributed by atoms with van der Waals surface area (Å²) in [4.78, 5) is 14.0. The smallest absolute Gasteiger partial charge is 0.247 e. The van der Waals surface area contributed by atoms with Crippen LogP contribution >= 0.6 is 0 Å². The van der Waals surface area contributed by atoms with Crippen LogP contribution in [-0.4, -0.2) is 18.6 Å². The van der Waals surface area contributed by atoms with Crippen molar-refractivity contribution >= 4 is 11.6 Å². The number of anilines is 1. The molecule has 1 amide bonds. The number of carbonyl (C=O) groups is 1. The summed E-state index contributed by atoms with van der Waals surface area (Å²) < 4.78 is 5.45. The Balaban J connectivity index is 1.85. The highest BCUT2D eigenvalue weighted by Crippen LogP contribution is 2.38. The third-order valence-electron chi connectivity index (χ3n) is 4.30. The van der Waals surface area contributed by atoms with Crippen LogP contribution in [0.2, 0.25) is 0 Å². The summed E-state index contributed by atoms with van der Waals surface area (Å²) in [6.45, 7) is 4.70. The van der Waals surface area contributed by atoms with Gasteiger partial charge in [-0.3, -0.25) is 4.79 Å². The van der Waals surface area contributed by atoms with Crippen molar-refractivity contribution in [3.05, 3.63) is 59.7 Å². The molecule has 120 valence electrons. The van der Waals surface area contributed by atoms with Crippen molar-refractivity contribution in [3.8, 4) is 5.75 Å². The Morgan fingerprint density at radius 1 is 1.04 bits per heavy atom. The molecule has 2 aromatic rings. The Bertz CT molecular complexity index is 680. The third kappa shape index (κ3) is 2.82. The molecule has 2 N–H and O–H groups in total. The number of carbonyl (C=O) groups excluding carboxylic acids is 1. The Morgan fingerprint density at radius 3 is 2.26 bits per heavy atom. The van der Waals surface area contributed by atoms with E-state index in [9.17, 15) is 4.79 Å². The van der Waals surface area contributed by atoms with Crippen LogP contribution in [0.4, 0.5) is 5.69 Å². The van der Waals surface area contributed by atoms with Crippen LogP contribution in [0.15, 0.2) is 48.5 Å². The van der Waals surface area contributed by atoms with Crippen molar-refractivity contribution in [2.75, 3.05) is 11.5 Å². The molecule has 0 radical (unpaired) electrons. The van der Waals surface area contributed by atoms with Gasteiger partial charge in [0.2, 0.25) is 5.91 Å². The number of rotatable bonds is 5. The molecule has 0 spiro atoms. The van der Waals surface area contributed by atoms with E-state index in [1.54, 1.807) is 4.90 Å². The third-order valence-corrected chi connectivity index (χ3v) is 4.30. The van der Waals surface area contributed by atoms with Gasteiger partial charge in [-0.25, -0.2) is 0 Å². The minimum Gasteiger partial charge on any atom is -0.494 e. The van der Waals surface area contributed by atoms with Gasteiger partial charge < -0.3 is 15.4 Å². The minimum absolute atomic E-state index is 0.0428. The monoisotopic (exact) mass is 310 g/mol. The first-order chi connectivity index (χ1) is 11.2. The molecule has 3 rings (SSSR count). The fourth-order valence-electron chi connectivity index (χ4n) is 2.98. The molecule has 0 aliphatic carbocycles. The fraction of sp³-hybridized carbons (Fsp3) is 0.316. The number of hydrogen-bond donors (Lipinski definition) is 1. The first kappa shape index (κ1) is 15.6. The molecule has 23 heavy (non-hydrogen) atoms. The number of aryl methyl sites for hydroxylation is 1. The molecule has 0 unspecified atom stereocenters. The number of β-lactam (4-membered cyclic amide) rings is 1. The van der Waals surface area contributed by atoms with Crippen molar-refractivity contribution in [1.82, 2.24) is 0 Å². The topological polar surface area (TPSA) is 55.6 Å². The number of hydrogen-bond acceptors (Lipinski definition) is 3. The van der Waals surface area contributed by atoms with Gasteiger partial charge in [0.25, 0.3) is 0 Å².